The van der Waals surface area contributed by atoms with Crippen LogP contribution in [0, 0.1) is 16.7 Å². The Balaban J connectivity index is 3.24. The van der Waals surface area contributed by atoms with Crippen LogP contribution in [0.5, 0.6) is 0 Å². The van der Waals surface area contributed by atoms with E-state index in [-0.39, 0.29) is 11.2 Å². The quantitative estimate of drug-likeness (QED) is 0.662. The number of methoxy groups -OCH3 is 1. The van der Waals surface area contributed by atoms with E-state index in [1.54, 1.807) is 7.11 Å². The number of hydrogen-bond acceptors (Lipinski definition) is 2. The molecule has 0 spiro atoms. The molecule has 118 valence electrons. The van der Waals surface area contributed by atoms with Crippen LogP contribution >= 0.6 is 0 Å². The van der Waals surface area contributed by atoms with E-state index in [9.17, 15) is 4.79 Å². The molecule has 0 bridgehead atoms. The predicted molar refractivity (Wildman–Crippen MR) is 88.6 cm³/mol. The van der Waals surface area contributed by atoms with Crippen molar-refractivity contribution in [2.45, 2.75) is 47.5 Å². The average Bonchev–Trinajstić information content (AvgIpc) is 2.42. The Bertz CT molecular complexity index is 442. The van der Waals surface area contributed by atoms with Gasteiger partial charge in [-0.15, -0.1) is 0 Å². The number of rotatable bonds is 7. The zero-order chi connectivity index (χ0) is 16.1. The van der Waals surface area contributed by atoms with E-state index in [4.69, 9.17) is 4.74 Å². The Morgan fingerprint density at radius 2 is 1.71 bits per heavy atom. The predicted octanol–water partition coefficient (Wildman–Crippen LogP) is 4.98. The van der Waals surface area contributed by atoms with Crippen molar-refractivity contribution in [3.8, 4) is 0 Å². The van der Waals surface area contributed by atoms with Crippen molar-refractivity contribution in [1.29, 1.82) is 0 Å². The van der Waals surface area contributed by atoms with Crippen LogP contribution in [-0.4, -0.2) is 19.5 Å². The molecule has 0 fully saturated rings. The molecule has 0 aromatic heterocycles. The minimum atomic E-state index is -0.479. The van der Waals surface area contributed by atoms with Crippen molar-refractivity contribution in [3.05, 3.63) is 35.9 Å². The molecule has 1 unspecified atom stereocenters. The summed E-state index contributed by atoms with van der Waals surface area (Å²) in [4.78, 5) is 13.2. The molecule has 1 rings (SSSR count). The molecule has 0 aliphatic carbocycles. The van der Waals surface area contributed by atoms with Crippen molar-refractivity contribution in [3.63, 3.8) is 0 Å². The number of ketones is 1. The molecule has 2 nitrogen and oxygen atoms in total. The summed E-state index contributed by atoms with van der Waals surface area (Å²) < 4.78 is 5.49. The third kappa shape index (κ3) is 4.16. The Kier molecular flexibility index (Phi) is 6.15. The van der Waals surface area contributed by atoms with Gasteiger partial charge >= 0.3 is 0 Å². The second-order valence-electron chi connectivity index (χ2n) is 7.39. The molecule has 1 aromatic rings. The lowest BCUT2D eigenvalue weighted by molar-refractivity contribution is -0.00337. The van der Waals surface area contributed by atoms with Crippen LogP contribution in [-0.2, 0) is 4.74 Å². The van der Waals surface area contributed by atoms with Gasteiger partial charge in [0.25, 0.3) is 0 Å². The molecular formula is C19H30O2. The standard InChI is InChI=1S/C19H30O2/c1-15(2)12-13-19(14-21-6,18(3,4)5)17(20)16-10-8-7-9-11-16/h7-11,15H,12-14H2,1-6H3. The van der Waals surface area contributed by atoms with Crippen molar-refractivity contribution in [2.24, 2.45) is 16.7 Å². The highest BCUT2D eigenvalue weighted by atomic mass is 16.5. The fraction of sp³-hybridized carbons (Fsp3) is 0.632. The van der Waals surface area contributed by atoms with Gasteiger partial charge < -0.3 is 4.74 Å². The van der Waals surface area contributed by atoms with Gasteiger partial charge in [-0.25, -0.2) is 0 Å². The molecule has 1 atom stereocenters. The van der Waals surface area contributed by atoms with Crippen LogP contribution in [0.2, 0.25) is 0 Å². The minimum Gasteiger partial charge on any atom is -0.384 e. The fourth-order valence-electron chi connectivity index (χ4n) is 2.83. The second-order valence-corrected chi connectivity index (χ2v) is 7.39. The Morgan fingerprint density at radius 1 is 1.14 bits per heavy atom. The highest BCUT2D eigenvalue weighted by Crippen LogP contribution is 2.46. The van der Waals surface area contributed by atoms with Crippen LogP contribution in [0.15, 0.2) is 30.3 Å². The Hall–Kier alpha value is -1.15. The summed E-state index contributed by atoms with van der Waals surface area (Å²) in [6.07, 6.45) is 1.88. The summed E-state index contributed by atoms with van der Waals surface area (Å²) >= 11 is 0. The number of carbonyl (C=O) groups is 1. The van der Waals surface area contributed by atoms with E-state index in [0.717, 1.165) is 18.4 Å². The van der Waals surface area contributed by atoms with Gasteiger partial charge in [-0.2, -0.15) is 0 Å². The monoisotopic (exact) mass is 290 g/mol. The second kappa shape index (κ2) is 7.22. The zero-order valence-corrected chi connectivity index (χ0v) is 14.4. The summed E-state index contributed by atoms with van der Waals surface area (Å²) in [5.41, 5.74) is 0.159. The molecule has 21 heavy (non-hydrogen) atoms. The molecule has 0 N–H and O–H groups in total. The van der Waals surface area contributed by atoms with Gasteiger partial charge in [-0.3, -0.25) is 4.79 Å². The van der Waals surface area contributed by atoms with E-state index >= 15 is 0 Å². The average molecular weight is 290 g/mol. The Labute approximate surface area is 129 Å². The van der Waals surface area contributed by atoms with Crippen molar-refractivity contribution in [1.82, 2.24) is 0 Å². The number of ether oxygens (including phenoxy) is 1. The van der Waals surface area contributed by atoms with Crippen LogP contribution < -0.4 is 0 Å². The largest absolute Gasteiger partial charge is 0.384 e. The third-order valence-corrected chi connectivity index (χ3v) is 4.45. The number of hydrogen-bond donors (Lipinski definition) is 0. The van der Waals surface area contributed by atoms with Crippen LogP contribution in [0.4, 0.5) is 0 Å². The maximum absolute atomic E-state index is 13.2. The van der Waals surface area contributed by atoms with E-state index in [1.807, 2.05) is 30.3 Å². The van der Waals surface area contributed by atoms with Crippen LogP contribution in [0.25, 0.3) is 0 Å². The molecule has 1 aromatic carbocycles. The SMILES string of the molecule is COCC(CCC(C)C)(C(=O)c1ccccc1)C(C)(C)C. The molecule has 0 aliphatic rings. The first kappa shape index (κ1) is 17.9. The van der Waals surface area contributed by atoms with Gasteiger partial charge in [0.1, 0.15) is 0 Å². The number of Topliss-reactive ketones (excluding diaryl/α,β-unsaturated/α-hetero) is 1. The first-order chi connectivity index (χ1) is 9.74. The maximum Gasteiger partial charge on any atom is 0.171 e. The smallest absolute Gasteiger partial charge is 0.171 e. The lowest BCUT2D eigenvalue weighted by Gasteiger charge is -2.43. The third-order valence-electron chi connectivity index (χ3n) is 4.45. The summed E-state index contributed by atoms with van der Waals surface area (Å²) in [5, 5.41) is 0. The van der Waals surface area contributed by atoms with Gasteiger partial charge in [-0.1, -0.05) is 65.0 Å². The van der Waals surface area contributed by atoms with Crippen molar-refractivity contribution >= 4 is 5.78 Å². The number of benzene rings is 1. The summed E-state index contributed by atoms with van der Waals surface area (Å²) in [7, 11) is 1.69. The van der Waals surface area contributed by atoms with Gasteiger partial charge in [-0.05, 0) is 24.2 Å². The van der Waals surface area contributed by atoms with Gasteiger partial charge in [0, 0.05) is 12.7 Å². The molecule has 2 heteroatoms. The first-order valence-corrected chi connectivity index (χ1v) is 7.83. The molecule has 0 aliphatic heterocycles. The van der Waals surface area contributed by atoms with E-state index in [0.29, 0.717) is 12.5 Å². The van der Waals surface area contributed by atoms with E-state index < -0.39 is 5.41 Å². The normalized spacial score (nSPS) is 15.0. The maximum atomic E-state index is 13.2. The highest BCUT2D eigenvalue weighted by molar-refractivity contribution is 6.01. The lowest BCUT2D eigenvalue weighted by atomic mass is 9.60. The van der Waals surface area contributed by atoms with Crippen LogP contribution in [0.3, 0.4) is 0 Å². The molecule has 0 saturated heterocycles. The zero-order valence-electron chi connectivity index (χ0n) is 14.4. The van der Waals surface area contributed by atoms with E-state index in [1.165, 1.54) is 0 Å². The van der Waals surface area contributed by atoms with E-state index in [2.05, 4.69) is 34.6 Å². The molecule has 0 radical (unpaired) electrons. The topological polar surface area (TPSA) is 26.3 Å². The fourth-order valence-corrected chi connectivity index (χ4v) is 2.83. The lowest BCUT2D eigenvalue weighted by Crippen LogP contribution is -2.47. The highest BCUT2D eigenvalue weighted by Gasteiger charge is 2.48. The first-order valence-electron chi connectivity index (χ1n) is 7.83. The van der Waals surface area contributed by atoms with Gasteiger partial charge in [0.2, 0.25) is 0 Å². The summed E-state index contributed by atoms with van der Waals surface area (Å²) in [6.45, 7) is 11.3. The van der Waals surface area contributed by atoms with Crippen molar-refractivity contribution < 1.29 is 9.53 Å². The van der Waals surface area contributed by atoms with Gasteiger partial charge in [0.05, 0.1) is 12.0 Å². The minimum absolute atomic E-state index is 0.148. The summed E-state index contributed by atoms with van der Waals surface area (Å²) in [6, 6.07) is 9.62. The molecule has 0 saturated carbocycles. The molecule has 0 heterocycles. The number of carbonyl (C=O) groups excluding carboxylic acids is 1. The summed E-state index contributed by atoms with van der Waals surface area (Å²) in [5.74, 6) is 0.783. The molecular weight excluding hydrogens is 260 g/mol. The van der Waals surface area contributed by atoms with Gasteiger partial charge in [0.15, 0.2) is 5.78 Å². The Morgan fingerprint density at radius 3 is 2.14 bits per heavy atom. The van der Waals surface area contributed by atoms with Crippen LogP contribution in [0.1, 0.15) is 57.8 Å². The molecule has 0 amide bonds. The van der Waals surface area contributed by atoms with Crippen molar-refractivity contribution in [2.75, 3.05) is 13.7 Å².